The Morgan fingerprint density at radius 1 is 1.38 bits per heavy atom. The van der Waals surface area contributed by atoms with E-state index >= 15 is 0 Å². The molecule has 16 heavy (non-hydrogen) atoms. The molecule has 1 aliphatic heterocycles. The minimum absolute atomic E-state index is 0.137. The quantitative estimate of drug-likeness (QED) is 0.714. The Hall–Kier alpha value is -0.610. The Bertz CT molecular complexity index is 210. The molecule has 0 spiro atoms. The molecule has 1 aliphatic rings. The number of piperidine rings is 1. The molecule has 0 aromatic rings. The van der Waals surface area contributed by atoms with Crippen LogP contribution in [0.15, 0.2) is 0 Å². The number of carbonyl (C=O) groups excluding carboxylic acids is 1. The second-order valence-electron chi connectivity index (χ2n) is 5.07. The highest BCUT2D eigenvalue weighted by Crippen LogP contribution is 2.21. The van der Waals surface area contributed by atoms with E-state index in [2.05, 4.69) is 17.4 Å². The number of nitrogens with one attached hydrogen (secondary N) is 1. The van der Waals surface area contributed by atoms with Crippen molar-refractivity contribution < 1.29 is 4.79 Å². The van der Waals surface area contributed by atoms with Crippen molar-refractivity contribution in [3.63, 3.8) is 0 Å². The van der Waals surface area contributed by atoms with E-state index in [1.807, 2.05) is 14.1 Å². The van der Waals surface area contributed by atoms with Crippen molar-refractivity contribution in [2.24, 2.45) is 5.92 Å². The monoisotopic (exact) mass is 227 g/mol. The predicted octanol–water partition coefficient (Wildman–Crippen LogP) is 1.09. The Morgan fingerprint density at radius 3 is 2.56 bits per heavy atom. The summed E-state index contributed by atoms with van der Waals surface area (Å²) in [6.07, 6.45) is 5.48. The highest BCUT2D eigenvalue weighted by Gasteiger charge is 2.16. The van der Waals surface area contributed by atoms with Crippen molar-refractivity contribution in [1.29, 1.82) is 0 Å². The molecule has 0 atom stereocenters. The van der Waals surface area contributed by atoms with Crippen LogP contribution in [0.3, 0.4) is 0 Å². The van der Waals surface area contributed by atoms with Crippen LogP contribution in [0, 0.1) is 5.92 Å². The largest absolute Gasteiger partial charge is 0.306 e. The molecule has 1 fully saturated rings. The Labute approximate surface area is 98.9 Å². The number of rotatable bonds is 5. The van der Waals surface area contributed by atoms with Crippen LogP contribution in [-0.2, 0) is 4.79 Å². The minimum atomic E-state index is 0.137. The summed E-state index contributed by atoms with van der Waals surface area (Å²) in [5, 5.41) is 1.71. The van der Waals surface area contributed by atoms with Crippen molar-refractivity contribution in [2.75, 3.05) is 34.2 Å². The van der Waals surface area contributed by atoms with Crippen molar-refractivity contribution in [3.05, 3.63) is 0 Å². The van der Waals surface area contributed by atoms with Gasteiger partial charge in [0.2, 0.25) is 5.91 Å². The van der Waals surface area contributed by atoms with Gasteiger partial charge in [-0.1, -0.05) is 0 Å². The summed E-state index contributed by atoms with van der Waals surface area (Å²) < 4.78 is 0. The molecular weight excluding hydrogens is 202 g/mol. The normalized spacial score (nSPS) is 19.0. The van der Waals surface area contributed by atoms with Crippen LogP contribution >= 0.6 is 0 Å². The first-order chi connectivity index (χ1) is 7.58. The van der Waals surface area contributed by atoms with Gasteiger partial charge >= 0.3 is 0 Å². The molecule has 0 radical (unpaired) electrons. The number of hydrogen-bond acceptors (Lipinski definition) is 3. The number of nitrogens with zero attached hydrogens (tertiary/aromatic N) is 2. The third kappa shape index (κ3) is 5.47. The van der Waals surface area contributed by atoms with E-state index < -0.39 is 0 Å². The van der Waals surface area contributed by atoms with Crippen LogP contribution in [0.25, 0.3) is 0 Å². The zero-order valence-corrected chi connectivity index (χ0v) is 10.8. The lowest BCUT2D eigenvalue weighted by Crippen LogP contribution is -2.36. The van der Waals surface area contributed by atoms with Gasteiger partial charge in [0, 0.05) is 20.5 Å². The molecule has 0 saturated carbocycles. The standard InChI is InChI=1S/C12H25N3O/c1-14(2)13-12(16)6-4-5-11-7-9-15(3)10-8-11/h11H,4-10H2,1-3H3,(H,13,16). The third-order valence-corrected chi connectivity index (χ3v) is 3.20. The summed E-state index contributed by atoms with van der Waals surface area (Å²) in [6.45, 7) is 2.43. The Kier molecular flexibility index (Phi) is 5.77. The van der Waals surface area contributed by atoms with Gasteiger partial charge in [-0.2, -0.15) is 0 Å². The smallest absolute Gasteiger partial charge is 0.234 e. The highest BCUT2D eigenvalue weighted by atomic mass is 16.2. The van der Waals surface area contributed by atoms with E-state index in [-0.39, 0.29) is 5.91 Å². The third-order valence-electron chi connectivity index (χ3n) is 3.20. The van der Waals surface area contributed by atoms with E-state index in [1.165, 1.54) is 32.4 Å². The van der Waals surface area contributed by atoms with Crippen LogP contribution in [-0.4, -0.2) is 50.0 Å². The summed E-state index contributed by atoms with van der Waals surface area (Å²) in [4.78, 5) is 13.8. The van der Waals surface area contributed by atoms with E-state index in [9.17, 15) is 4.79 Å². The fraction of sp³-hybridized carbons (Fsp3) is 0.917. The van der Waals surface area contributed by atoms with Gasteiger partial charge in [-0.3, -0.25) is 10.2 Å². The van der Waals surface area contributed by atoms with Gasteiger partial charge in [0.15, 0.2) is 0 Å². The molecule has 1 heterocycles. The van der Waals surface area contributed by atoms with Crippen LogP contribution < -0.4 is 5.43 Å². The molecule has 4 heteroatoms. The highest BCUT2D eigenvalue weighted by molar-refractivity contribution is 5.75. The lowest BCUT2D eigenvalue weighted by Gasteiger charge is -2.28. The zero-order chi connectivity index (χ0) is 12.0. The number of carbonyl (C=O) groups is 1. The van der Waals surface area contributed by atoms with Gasteiger partial charge in [-0.15, -0.1) is 0 Å². The maximum atomic E-state index is 11.4. The molecule has 0 unspecified atom stereocenters. The first kappa shape index (κ1) is 13.5. The summed E-state index contributed by atoms with van der Waals surface area (Å²) in [5.41, 5.74) is 2.77. The van der Waals surface area contributed by atoms with Crippen LogP contribution in [0.1, 0.15) is 32.1 Å². The summed E-state index contributed by atoms with van der Waals surface area (Å²) >= 11 is 0. The van der Waals surface area contributed by atoms with Gasteiger partial charge in [-0.25, -0.2) is 5.01 Å². The van der Waals surface area contributed by atoms with E-state index in [0.717, 1.165) is 12.3 Å². The maximum absolute atomic E-state index is 11.4. The minimum Gasteiger partial charge on any atom is -0.306 e. The summed E-state index contributed by atoms with van der Waals surface area (Å²) in [7, 11) is 5.87. The average Bonchev–Trinajstić information content (AvgIpc) is 2.20. The van der Waals surface area contributed by atoms with Gasteiger partial charge < -0.3 is 4.90 Å². The molecule has 0 aliphatic carbocycles. The maximum Gasteiger partial charge on any atom is 0.234 e. The van der Waals surface area contributed by atoms with Crippen LogP contribution in [0.4, 0.5) is 0 Å². The summed E-state index contributed by atoms with van der Waals surface area (Å²) in [6, 6.07) is 0. The zero-order valence-electron chi connectivity index (χ0n) is 10.8. The van der Waals surface area contributed by atoms with E-state index in [0.29, 0.717) is 6.42 Å². The van der Waals surface area contributed by atoms with Gasteiger partial charge in [0.1, 0.15) is 0 Å². The van der Waals surface area contributed by atoms with E-state index in [1.54, 1.807) is 5.01 Å². The van der Waals surface area contributed by atoms with Crippen molar-refractivity contribution in [1.82, 2.24) is 15.3 Å². The second kappa shape index (κ2) is 6.86. The Morgan fingerprint density at radius 2 is 2.00 bits per heavy atom. The first-order valence-corrected chi connectivity index (χ1v) is 6.23. The average molecular weight is 227 g/mol. The SMILES string of the molecule is CN1CCC(CCCC(=O)NN(C)C)CC1. The number of amides is 1. The van der Waals surface area contributed by atoms with E-state index in [4.69, 9.17) is 0 Å². The Balaban J connectivity index is 2.04. The van der Waals surface area contributed by atoms with Gasteiger partial charge in [0.25, 0.3) is 0 Å². The lowest BCUT2D eigenvalue weighted by molar-refractivity contribution is -0.124. The fourth-order valence-electron chi connectivity index (χ4n) is 2.21. The van der Waals surface area contributed by atoms with Crippen molar-refractivity contribution >= 4 is 5.91 Å². The van der Waals surface area contributed by atoms with Gasteiger partial charge in [0.05, 0.1) is 0 Å². The molecule has 1 rings (SSSR count). The molecule has 0 aromatic carbocycles. The number of likely N-dealkylation sites (tertiary alicyclic amines) is 1. The van der Waals surface area contributed by atoms with Crippen LogP contribution in [0.5, 0.6) is 0 Å². The fourth-order valence-corrected chi connectivity index (χ4v) is 2.21. The predicted molar refractivity (Wildman–Crippen MR) is 65.9 cm³/mol. The van der Waals surface area contributed by atoms with Crippen molar-refractivity contribution in [2.45, 2.75) is 32.1 Å². The molecular formula is C12H25N3O. The number of hydrazine groups is 1. The lowest BCUT2D eigenvalue weighted by atomic mass is 9.92. The second-order valence-corrected chi connectivity index (χ2v) is 5.07. The van der Waals surface area contributed by atoms with Crippen molar-refractivity contribution in [3.8, 4) is 0 Å². The molecule has 1 amide bonds. The molecule has 94 valence electrons. The summed E-state index contributed by atoms with van der Waals surface area (Å²) in [5.74, 6) is 0.973. The first-order valence-electron chi connectivity index (χ1n) is 6.23. The molecule has 1 saturated heterocycles. The topological polar surface area (TPSA) is 35.6 Å². The molecule has 1 N–H and O–H groups in total. The van der Waals surface area contributed by atoms with Crippen LogP contribution in [0.2, 0.25) is 0 Å². The molecule has 4 nitrogen and oxygen atoms in total. The number of hydrogen-bond donors (Lipinski definition) is 1. The molecule has 0 bridgehead atoms. The van der Waals surface area contributed by atoms with Gasteiger partial charge in [-0.05, 0) is 51.7 Å². The molecule has 0 aromatic heterocycles.